The number of carbonyl (C=O) groups excluding carboxylic acids is 3. The highest BCUT2D eigenvalue weighted by molar-refractivity contribution is 7.47. The minimum atomic E-state index is -4.90. The van der Waals surface area contributed by atoms with Crippen molar-refractivity contribution in [2.75, 3.05) is 26.4 Å². The van der Waals surface area contributed by atoms with Crippen LogP contribution in [-0.2, 0) is 46.6 Å². The Morgan fingerprint density at radius 2 is 1.23 bits per heavy atom. The van der Waals surface area contributed by atoms with Crippen molar-refractivity contribution in [1.29, 1.82) is 0 Å². The minimum absolute atomic E-state index is 0.000702. The Balaban J connectivity index is 2.53. The van der Waals surface area contributed by atoms with E-state index >= 15 is 0 Å². The Morgan fingerprint density at radius 3 is 1.85 bits per heavy atom. The summed E-state index contributed by atoms with van der Waals surface area (Å²) in [6.45, 7) is 1.38. The van der Waals surface area contributed by atoms with E-state index in [0.717, 1.165) is 57.8 Å². The number of ketones is 1. The lowest BCUT2D eigenvalue weighted by Crippen LogP contribution is -2.30. The third-order valence-corrected chi connectivity index (χ3v) is 12.1. The van der Waals surface area contributed by atoms with Crippen LogP contribution in [0.4, 0.5) is 0 Å². The van der Waals surface area contributed by atoms with E-state index in [0.29, 0.717) is 44.9 Å². The Labute approximate surface area is 370 Å². The molecule has 0 aromatic heterocycles. The summed E-state index contributed by atoms with van der Waals surface area (Å²) in [5.74, 6) is -1.88. The molecule has 0 saturated heterocycles. The van der Waals surface area contributed by atoms with Gasteiger partial charge < -0.3 is 39.5 Å². The molecular formula is C44H80O16P2. The van der Waals surface area contributed by atoms with Crippen LogP contribution in [0.5, 0.6) is 0 Å². The smallest absolute Gasteiger partial charge is 0.462 e. The summed E-state index contributed by atoms with van der Waals surface area (Å²) in [7, 11) is -9.77. The van der Waals surface area contributed by atoms with Gasteiger partial charge in [-0.1, -0.05) is 128 Å². The number of phosphoric acid groups is 2. The van der Waals surface area contributed by atoms with Gasteiger partial charge in [-0.25, -0.2) is 9.13 Å². The fraction of sp³-hybridized carbons (Fsp3) is 0.841. The van der Waals surface area contributed by atoms with Crippen LogP contribution >= 0.6 is 15.6 Å². The minimum Gasteiger partial charge on any atom is -0.462 e. The number of ether oxygens (including phenoxy) is 2. The molecule has 0 amide bonds. The van der Waals surface area contributed by atoms with E-state index < -0.39 is 78.4 Å². The lowest BCUT2D eigenvalue weighted by molar-refractivity contribution is -0.161. The van der Waals surface area contributed by atoms with Gasteiger partial charge in [0, 0.05) is 31.1 Å². The second-order valence-electron chi connectivity index (χ2n) is 16.5. The monoisotopic (exact) mass is 926 g/mol. The molecule has 1 fully saturated rings. The van der Waals surface area contributed by atoms with Gasteiger partial charge in [0.25, 0.3) is 0 Å². The molecule has 16 nitrogen and oxygen atoms in total. The summed E-state index contributed by atoms with van der Waals surface area (Å²) >= 11 is 0. The van der Waals surface area contributed by atoms with Crippen molar-refractivity contribution in [3.05, 3.63) is 24.3 Å². The second-order valence-corrected chi connectivity index (χ2v) is 19.1. The first-order valence-electron chi connectivity index (χ1n) is 23.1. The van der Waals surface area contributed by atoms with Crippen LogP contribution in [0, 0.1) is 11.8 Å². The van der Waals surface area contributed by atoms with Gasteiger partial charge in [-0.2, -0.15) is 0 Å². The predicted molar refractivity (Wildman–Crippen MR) is 236 cm³/mol. The van der Waals surface area contributed by atoms with Gasteiger partial charge in [0.05, 0.1) is 32.0 Å². The molecule has 6 N–H and O–H groups in total. The standard InChI is InChI=1S/C44H80O16P2/c1-3-5-7-8-9-10-11-12-13-14-15-16-17-18-23-27-43(49)56-34-38(35-59-62(54,55)58-33-37(46)32-57-61(51,52)53)60-44(50)28-24-20-19-22-26-39-40(42(48)31-41(39)47)30-29-36(45)25-21-6-4-2/h12-13,29-30,36-40,42,45-46,48H,3-11,14-28,31-35H2,1-2H3,(H,54,55)(H2,51,52,53)/b13-12-,30-29+/t36-,37-,38+,39+,40+,42+/m0/s1. The van der Waals surface area contributed by atoms with Crippen LogP contribution in [0.15, 0.2) is 24.3 Å². The first-order chi connectivity index (χ1) is 29.6. The molecule has 1 aliphatic rings. The number of allylic oxidation sites excluding steroid dienone is 2. The molecule has 0 aromatic rings. The number of Topliss-reactive ketones (excluding diaryl/α,β-unsaturated/α-hetero) is 1. The normalized spacial score (nSPS) is 19.5. The molecule has 362 valence electrons. The Bertz CT molecular complexity index is 1350. The van der Waals surface area contributed by atoms with Crippen molar-refractivity contribution in [1.82, 2.24) is 0 Å². The first kappa shape index (κ1) is 58.2. The summed E-state index contributed by atoms with van der Waals surface area (Å²) in [6.07, 6.45) is 25.0. The number of carbonyl (C=O) groups is 3. The lowest BCUT2D eigenvalue weighted by atomic mass is 9.88. The molecule has 0 aromatic carbocycles. The number of phosphoric ester groups is 2. The van der Waals surface area contributed by atoms with Gasteiger partial charge in [-0.05, 0) is 51.4 Å². The third-order valence-electron chi connectivity index (χ3n) is 10.7. The number of hydrogen-bond acceptors (Lipinski definition) is 13. The van der Waals surface area contributed by atoms with Crippen molar-refractivity contribution >= 4 is 33.4 Å². The maximum absolute atomic E-state index is 12.8. The average Bonchev–Trinajstić information content (AvgIpc) is 3.49. The van der Waals surface area contributed by atoms with Gasteiger partial charge in [0.1, 0.15) is 18.5 Å². The number of hydrogen-bond donors (Lipinski definition) is 6. The highest BCUT2D eigenvalue weighted by Gasteiger charge is 2.39. The molecule has 0 aliphatic heterocycles. The van der Waals surface area contributed by atoms with Crippen LogP contribution in [0.25, 0.3) is 0 Å². The summed E-state index contributed by atoms with van der Waals surface area (Å²) in [5.41, 5.74) is 0. The molecule has 1 unspecified atom stereocenters. The van der Waals surface area contributed by atoms with Crippen LogP contribution in [-0.4, -0.2) is 98.6 Å². The van der Waals surface area contributed by atoms with Gasteiger partial charge in [0.2, 0.25) is 0 Å². The number of esters is 2. The molecule has 7 atom stereocenters. The van der Waals surface area contributed by atoms with Crippen LogP contribution < -0.4 is 0 Å². The van der Waals surface area contributed by atoms with Crippen LogP contribution in [0.3, 0.4) is 0 Å². The molecule has 18 heteroatoms. The highest BCUT2D eigenvalue weighted by atomic mass is 31.2. The number of aliphatic hydroxyl groups excluding tert-OH is 3. The van der Waals surface area contributed by atoms with E-state index in [1.165, 1.54) is 38.5 Å². The maximum Gasteiger partial charge on any atom is 0.472 e. The molecule has 1 saturated carbocycles. The zero-order valence-electron chi connectivity index (χ0n) is 37.4. The summed E-state index contributed by atoms with van der Waals surface area (Å²) in [6, 6.07) is 0. The van der Waals surface area contributed by atoms with Crippen molar-refractivity contribution in [3.63, 3.8) is 0 Å². The summed E-state index contributed by atoms with van der Waals surface area (Å²) in [5, 5.41) is 30.5. The lowest BCUT2D eigenvalue weighted by Gasteiger charge is -2.20. The summed E-state index contributed by atoms with van der Waals surface area (Å²) < 4.78 is 47.8. The van der Waals surface area contributed by atoms with Gasteiger partial charge in [-0.3, -0.25) is 28.0 Å². The summed E-state index contributed by atoms with van der Waals surface area (Å²) in [4.78, 5) is 65.6. The largest absolute Gasteiger partial charge is 0.472 e. The fourth-order valence-electron chi connectivity index (χ4n) is 7.12. The molecule has 0 radical (unpaired) electrons. The molecule has 0 spiro atoms. The average molecular weight is 927 g/mol. The van der Waals surface area contributed by atoms with Crippen LogP contribution in [0.1, 0.15) is 174 Å². The Kier molecular flexibility index (Phi) is 33.3. The van der Waals surface area contributed by atoms with E-state index in [-0.39, 0.29) is 36.9 Å². The molecule has 0 bridgehead atoms. The van der Waals surface area contributed by atoms with Crippen molar-refractivity contribution in [2.24, 2.45) is 11.8 Å². The van der Waals surface area contributed by atoms with Gasteiger partial charge in [-0.15, -0.1) is 0 Å². The molecular weight excluding hydrogens is 846 g/mol. The van der Waals surface area contributed by atoms with E-state index in [2.05, 4.69) is 35.0 Å². The second kappa shape index (κ2) is 35.5. The Hall–Kier alpha value is -1.81. The molecule has 1 aliphatic carbocycles. The first-order valence-corrected chi connectivity index (χ1v) is 26.2. The number of rotatable bonds is 40. The van der Waals surface area contributed by atoms with E-state index in [1.807, 2.05) is 0 Å². The van der Waals surface area contributed by atoms with Crippen molar-refractivity contribution in [2.45, 2.75) is 199 Å². The third kappa shape index (κ3) is 31.9. The van der Waals surface area contributed by atoms with Gasteiger partial charge in [0.15, 0.2) is 6.10 Å². The highest BCUT2D eigenvalue weighted by Crippen LogP contribution is 2.44. The van der Waals surface area contributed by atoms with Crippen molar-refractivity contribution < 1.29 is 76.6 Å². The quantitative estimate of drug-likeness (QED) is 0.0146. The predicted octanol–water partition coefficient (Wildman–Crippen LogP) is 8.49. The van der Waals surface area contributed by atoms with E-state index in [9.17, 15) is 43.7 Å². The zero-order chi connectivity index (χ0) is 46.1. The van der Waals surface area contributed by atoms with E-state index in [4.69, 9.17) is 23.8 Å². The topological polar surface area (TPSA) is 253 Å². The van der Waals surface area contributed by atoms with Gasteiger partial charge >= 0.3 is 27.6 Å². The fourth-order valence-corrected chi connectivity index (χ4v) is 8.28. The Morgan fingerprint density at radius 1 is 0.694 bits per heavy atom. The number of unbranched alkanes of at least 4 members (excludes halogenated alkanes) is 16. The zero-order valence-corrected chi connectivity index (χ0v) is 39.2. The molecule has 1 rings (SSSR count). The van der Waals surface area contributed by atoms with Crippen LogP contribution in [0.2, 0.25) is 0 Å². The molecule has 0 heterocycles. The maximum atomic E-state index is 12.8. The SMILES string of the molecule is CCCCCCCC/C=C\CCCCCCCC(=O)OC[C@H](COP(=O)(O)OC[C@@H](O)COP(=O)(O)O)OC(=O)CCCCCC[C@H]1C(=O)C[C@@H](O)[C@@H]1/C=C/[C@@H](O)CCCCC. The van der Waals surface area contributed by atoms with E-state index in [1.54, 1.807) is 12.2 Å². The number of aliphatic hydroxyl groups is 3. The van der Waals surface area contributed by atoms with Crippen molar-refractivity contribution in [3.8, 4) is 0 Å². The molecule has 62 heavy (non-hydrogen) atoms.